The van der Waals surface area contributed by atoms with Gasteiger partial charge in [0, 0.05) is 0 Å². The summed E-state index contributed by atoms with van der Waals surface area (Å²) in [5, 5.41) is 0.501. The zero-order valence-electron chi connectivity index (χ0n) is 12.9. The van der Waals surface area contributed by atoms with E-state index in [1.54, 1.807) is 38.5 Å². The molecule has 0 N–H and O–H groups in total. The van der Waals surface area contributed by atoms with E-state index in [1.807, 2.05) is 30.3 Å². The molecule has 0 unspecified atom stereocenters. The Labute approximate surface area is 133 Å². The quantitative estimate of drug-likeness (QED) is 0.731. The molecule has 0 aliphatic heterocycles. The summed E-state index contributed by atoms with van der Waals surface area (Å²) in [5.41, 5.74) is 1.91. The third-order valence-corrected chi connectivity index (χ3v) is 3.58. The Morgan fingerprint density at radius 2 is 1.61 bits per heavy atom. The smallest absolute Gasteiger partial charge is 0.200 e. The Hall–Kier alpha value is -3.01. The molecule has 0 spiro atoms. The van der Waals surface area contributed by atoms with E-state index in [1.165, 1.54) is 6.26 Å². The van der Waals surface area contributed by atoms with Crippen molar-refractivity contribution in [1.82, 2.24) is 0 Å². The molecule has 0 fully saturated rings. The van der Waals surface area contributed by atoms with Crippen LogP contribution in [0.3, 0.4) is 0 Å². The highest BCUT2D eigenvalue weighted by Crippen LogP contribution is 2.19. The molecule has 4 heteroatoms. The highest BCUT2D eigenvalue weighted by molar-refractivity contribution is 5.81. The summed E-state index contributed by atoms with van der Waals surface area (Å²) in [5.74, 6) is 1.42. The lowest BCUT2D eigenvalue weighted by atomic mass is 10.1. The van der Waals surface area contributed by atoms with Crippen molar-refractivity contribution in [2.45, 2.75) is 0 Å². The molecule has 0 aliphatic rings. The van der Waals surface area contributed by atoms with Crippen molar-refractivity contribution < 1.29 is 13.9 Å². The Balaban J connectivity index is 1.97. The highest BCUT2D eigenvalue weighted by atomic mass is 16.5. The largest absolute Gasteiger partial charge is 0.497 e. The summed E-state index contributed by atoms with van der Waals surface area (Å²) in [7, 11) is 3.19. The maximum Gasteiger partial charge on any atom is 0.200 e. The number of benzene rings is 2. The first-order valence-corrected chi connectivity index (χ1v) is 7.13. The summed E-state index contributed by atoms with van der Waals surface area (Å²) in [4.78, 5) is 12.5. The van der Waals surface area contributed by atoms with Crippen LogP contribution in [0.5, 0.6) is 11.5 Å². The molecule has 116 valence electrons. The molecule has 3 rings (SSSR count). The second kappa shape index (κ2) is 6.40. The molecule has 0 aliphatic carbocycles. The maximum absolute atomic E-state index is 12.5. The topological polar surface area (TPSA) is 48.7 Å². The zero-order valence-corrected chi connectivity index (χ0v) is 12.9. The van der Waals surface area contributed by atoms with Crippen molar-refractivity contribution in [1.29, 1.82) is 0 Å². The molecule has 1 aromatic heterocycles. The van der Waals surface area contributed by atoms with Gasteiger partial charge < -0.3 is 13.9 Å². The first-order valence-electron chi connectivity index (χ1n) is 7.13. The standard InChI is InChI=1S/C19H16O4/c1-21-15-7-4-13(5-8-15)3-6-14-12-23-18-10-9-16(22-2)11-17(18)19(14)20/h3-12H,1-2H3/b6-3+. The molecule has 4 nitrogen and oxygen atoms in total. The SMILES string of the molecule is COc1ccc(/C=C/c2coc3ccc(OC)cc3c2=O)cc1. The number of hydrogen-bond acceptors (Lipinski definition) is 4. The summed E-state index contributed by atoms with van der Waals surface area (Å²) in [6, 6.07) is 12.7. The van der Waals surface area contributed by atoms with Gasteiger partial charge >= 0.3 is 0 Å². The van der Waals surface area contributed by atoms with Crippen LogP contribution >= 0.6 is 0 Å². The molecule has 1 heterocycles. The van der Waals surface area contributed by atoms with Crippen molar-refractivity contribution in [2.75, 3.05) is 14.2 Å². The average Bonchev–Trinajstić information content (AvgIpc) is 2.61. The van der Waals surface area contributed by atoms with Crippen LogP contribution < -0.4 is 14.9 Å². The third kappa shape index (κ3) is 3.11. The number of methoxy groups -OCH3 is 2. The van der Waals surface area contributed by atoms with Crippen molar-refractivity contribution in [3.05, 3.63) is 70.1 Å². The molecule has 0 saturated carbocycles. The minimum absolute atomic E-state index is 0.0880. The summed E-state index contributed by atoms with van der Waals surface area (Å²) < 4.78 is 15.8. The first kappa shape index (κ1) is 14.9. The second-order valence-electron chi connectivity index (χ2n) is 4.99. The fourth-order valence-electron chi connectivity index (χ4n) is 2.27. The third-order valence-electron chi connectivity index (χ3n) is 3.58. The van der Waals surface area contributed by atoms with Gasteiger partial charge in [-0.05, 0) is 42.0 Å². The van der Waals surface area contributed by atoms with Crippen LogP contribution in [0.15, 0.2) is 57.9 Å². The number of rotatable bonds is 4. The Bertz CT molecular complexity index is 905. The summed E-state index contributed by atoms with van der Waals surface area (Å²) in [6.45, 7) is 0. The van der Waals surface area contributed by atoms with Gasteiger partial charge in [-0.1, -0.05) is 18.2 Å². The molecule has 0 saturated heterocycles. The Morgan fingerprint density at radius 3 is 2.30 bits per heavy atom. The van der Waals surface area contributed by atoms with E-state index in [4.69, 9.17) is 13.9 Å². The highest BCUT2D eigenvalue weighted by Gasteiger charge is 2.06. The molecule has 2 aromatic carbocycles. The summed E-state index contributed by atoms with van der Waals surface area (Å²) in [6.07, 6.45) is 5.07. The molecule has 0 bridgehead atoms. The van der Waals surface area contributed by atoms with Gasteiger partial charge in [0.25, 0.3) is 0 Å². The van der Waals surface area contributed by atoms with Crippen molar-refractivity contribution in [2.24, 2.45) is 0 Å². The zero-order chi connectivity index (χ0) is 16.2. The lowest BCUT2D eigenvalue weighted by Crippen LogP contribution is -2.04. The second-order valence-corrected chi connectivity index (χ2v) is 4.99. The van der Waals surface area contributed by atoms with Gasteiger partial charge in [-0.2, -0.15) is 0 Å². The van der Waals surface area contributed by atoms with Gasteiger partial charge in [-0.25, -0.2) is 0 Å². The fraction of sp³-hybridized carbons (Fsp3) is 0.105. The van der Waals surface area contributed by atoms with Gasteiger partial charge in [-0.3, -0.25) is 4.79 Å². The van der Waals surface area contributed by atoms with E-state index in [9.17, 15) is 4.79 Å². The van der Waals surface area contributed by atoms with Crippen LogP contribution in [-0.4, -0.2) is 14.2 Å². The molecule has 0 atom stereocenters. The van der Waals surface area contributed by atoms with Crippen LogP contribution in [0.2, 0.25) is 0 Å². The van der Waals surface area contributed by atoms with Gasteiger partial charge in [0.15, 0.2) is 5.43 Å². The van der Waals surface area contributed by atoms with Gasteiger partial charge in [0.05, 0.1) is 25.2 Å². The van der Waals surface area contributed by atoms with E-state index >= 15 is 0 Å². The lowest BCUT2D eigenvalue weighted by Gasteiger charge is -2.02. The fourth-order valence-corrected chi connectivity index (χ4v) is 2.27. The minimum atomic E-state index is -0.0880. The van der Waals surface area contributed by atoms with Crippen molar-refractivity contribution >= 4 is 23.1 Å². The van der Waals surface area contributed by atoms with Crippen LogP contribution in [0, 0.1) is 0 Å². The van der Waals surface area contributed by atoms with E-state index in [0.717, 1.165) is 11.3 Å². The van der Waals surface area contributed by atoms with E-state index in [0.29, 0.717) is 22.3 Å². The van der Waals surface area contributed by atoms with E-state index < -0.39 is 0 Å². The minimum Gasteiger partial charge on any atom is -0.497 e. The van der Waals surface area contributed by atoms with Crippen LogP contribution in [0.1, 0.15) is 11.1 Å². The molecule has 0 amide bonds. The predicted octanol–water partition coefficient (Wildman–Crippen LogP) is 3.98. The molecule has 23 heavy (non-hydrogen) atoms. The van der Waals surface area contributed by atoms with Crippen LogP contribution in [-0.2, 0) is 0 Å². The van der Waals surface area contributed by atoms with Crippen molar-refractivity contribution in [3.8, 4) is 11.5 Å². The summed E-state index contributed by atoms with van der Waals surface area (Å²) >= 11 is 0. The lowest BCUT2D eigenvalue weighted by molar-refractivity contribution is 0.415. The number of fused-ring (bicyclic) bond motifs is 1. The Kier molecular flexibility index (Phi) is 4.15. The number of hydrogen-bond donors (Lipinski definition) is 0. The molecular formula is C19H16O4. The van der Waals surface area contributed by atoms with Gasteiger partial charge in [0.1, 0.15) is 23.3 Å². The Morgan fingerprint density at radius 1 is 0.913 bits per heavy atom. The van der Waals surface area contributed by atoms with E-state index in [-0.39, 0.29) is 5.43 Å². The van der Waals surface area contributed by atoms with Crippen molar-refractivity contribution in [3.63, 3.8) is 0 Å². The molecule has 3 aromatic rings. The molecule has 0 radical (unpaired) electrons. The monoisotopic (exact) mass is 308 g/mol. The van der Waals surface area contributed by atoms with Crippen LogP contribution in [0.25, 0.3) is 23.1 Å². The first-order chi connectivity index (χ1) is 11.2. The predicted molar refractivity (Wildman–Crippen MR) is 91.0 cm³/mol. The van der Waals surface area contributed by atoms with Crippen LogP contribution in [0.4, 0.5) is 0 Å². The van der Waals surface area contributed by atoms with E-state index in [2.05, 4.69) is 0 Å². The van der Waals surface area contributed by atoms with Gasteiger partial charge in [-0.15, -0.1) is 0 Å². The normalized spacial score (nSPS) is 11.0. The molecular weight excluding hydrogens is 292 g/mol. The number of ether oxygens (including phenoxy) is 2. The average molecular weight is 308 g/mol. The van der Waals surface area contributed by atoms with Gasteiger partial charge in [0.2, 0.25) is 0 Å². The maximum atomic E-state index is 12.5.